The third kappa shape index (κ3) is 6.21. The summed E-state index contributed by atoms with van der Waals surface area (Å²) in [6, 6.07) is 0. The van der Waals surface area contributed by atoms with Crippen LogP contribution in [0.2, 0.25) is 0 Å². The number of aliphatic hydroxyl groups is 2. The molecule has 0 saturated heterocycles. The van der Waals surface area contributed by atoms with Crippen LogP contribution in [-0.4, -0.2) is 70.7 Å². The van der Waals surface area contributed by atoms with Crippen LogP contribution in [0.25, 0.3) is 0 Å². The number of hydrogen-bond donors (Lipinski definition) is 3. The second-order valence-corrected chi connectivity index (χ2v) is 5.46. The zero-order valence-electron chi connectivity index (χ0n) is 7.83. The molecule has 0 aromatic rings. The van der Waals surface area contributed by atoms with Gasteiger partial charge >= 0.3 is 29.6 Å². The van der Waals surface area contributed by atoms with Crippen molar-refractivity contribution >= 4 is 39.7 Å². The maximum absolute atomic E-state index is 10.5. The summed E-state index contributed by atoms with van der Waals surface area (Å²) in [5.41, 5.74) is 0. The van der Waals surface area contributed by atoms with Gasteiger partial charge in [-0.3, -0.25) is 4.55 Å². The van der Waals surface area contributed by atoms with E-state index in [0.717, 1.165) is 0 Å². The van der Waals surface area contributed by atoms with Gasteiger partial charge in [-0.05, 0) is 31.6 Å². The molecule has 1 saturated carbocycles. The van der Waals surface area contributed by atoms with E-state index in [4.69, 9.17) is 4.55 Å². The molecule has 0 heterocycles. The van der Waals surface area contributed by atoms with Gasteiger partial charge in [0.1, 0.15) is 0 Å². The Kier molecular flexibility index (Phi) is 6.90. The van der Waals surface area contributed by atoms with Crippen molar-refractivity contribution in [1.29, 1.82) is 0 Å². The Labute approximate surface area is 112 Å². The zero-order chi connectivity index (χ0) is 10.8. The van der Waals surface area contributed by atoms with Crippen molar-refractivity contribution in [2.75, 3.05) is 5.75 Å². The average molecular weight is 248 g/mol. The summed E-state index contributed by atoms with van der Waals surface area (Å²) in [6.07, 6.45) is 0.525. The minimum absolute atomic E-state index is 0. The fourth-order valence-corrected chi connectivity index (χ4v) is 2.42. The van der Waals surface area contributed by atoms with Crippen molar-refractivity contribution in [3.05, 3.63) is 0 Å². The van der Waals surface area contributed by atoms with Crippen LogP contribution in [0.5, 0.6) is 0 Å². The van der Waals surface area contributed by atoms with Gasteiger partial charge in [-0.1, -0.05) is 0 Å². The Morgan fingerprint density at radius 1 is 1.13 bits per heavy atom. The summed E-state index contributed by atoms with van der Waals surface area (Å²) in [4.78, 5) is 0. The van der Waals surface area contributed by atoms with E-state index in [1.54, 1.807) is 0 Å². The van der Waals surface area contributed by atoms with Gasteiger partial charge in [0.15, 0.2) is 0 Å². The van der Waals surface area contributed by atoms with E-state index in [9.17, 15) is 18.6 Å². The first kappa shape index (κ1) is 15.8. The fraction of sp³-hybridized carbons (Fsp3) is 1.00. The third-order valence-corrected chi connectivity index (χ3v) is 3.43. The molecule has 1 rings (SSSR count). The Morgan fingerprint density at radius 3 is 2.20 bits per heavy atom. The summed E-state index contributed by atoms with van der Waals surface area (Å²) in [6.45, 7) is 0. The molecular weight excluding hydrogens is 231 g/mol. The predicted octanol–water partition coefficient (Wildman–Crippen LogP) is -0.862. The van der Waals surface area contributed by atoms with Crippen molar-refractivity contribution in [3.8, 4) is 0 Å². The predicted molar refractivity (Wildman–Crippen MR) is 57.5 cm³/mol. The Bertz CT molecular complexity index is 279. The molecule has 3 N–H and O–H groups in total. The zero-order valence-corrected chi connectivity index (χ0v) is 8.65. The van der Waals surface area contributed by atoms with Crippen LogP contribution >= 0.6 is 0 Å². The maximum atomic E-state index is 10.5. The molecule has 0 amide bonds. The van der Waals surface area contributed by atoms with Gasteiger partial charge in [0.25, 0.3) is 10.1 Å². The summed E-state index contributed by atoms with van der Waals surface area (Å²) >= 11 is 0. The van der Waals surface area contributed by atoms with Crippen LogP contribution in [0.1, 0.15) is 25.7 Å². The van der Waals surface area contributed by atoms with E-state index in [1.807, 2.05) is 0 Å². The van der Waals surface area contributed by atoms with Gasteiger partial charge in [0.2, 0.25) is 0 Å². The van der Waals surface area contributed by atoms with Gasteiger partial charge in [-0.2, -0.15) is 8.42 Å². The first-order chi connectivity index (χ1) is 6.38. The van der Waals surface area contributed by atoms with Crippen LogP contribution in [0, 0.1) is 5.92 Å². The molecule has 15 heavy (non-hydrogen) atoms. The van der Waals surface area contributed by atoms with E-state index in [-0.39, 0.29) is 41.2 Å². The number of hydrogen-bond acceptors (Lipinski definition) is 4. The molecule has 0 aromatic carbocycles. The minimum atomic E-state index is -3.90. The molecule has 0 radical (unpaired) electrons. The SMILES string of the molecule is O=S(=O)(O)CCC1CCC(O)C(O)C1.[NaH]. The molecule has 1 fully saturated rings. The second-order valence-electron chi connectivity index (χ2n) is 3.89. The topological polar surface area (TPSA) is 94.8 Å². The van der Waals surface area contributed by atoms with Crippen LogP contribution in [0.15, 0.2) is 0 Å². The van der Waals surface area contributed by atoms with Crippen molar-refractivity contribution in [2.45, 2.75) is 37.9 Å². The van der Waals surface area contributed by atoms with Crippen LogP contribution < -0.4 is 0 Å². The van der Waals surface area contributed by atoms with Gasteiger partial charge in [0, 0.05) is 0 Å². The molecule has 0 aromatic heterocycles. The number of rotatable bonds is 3. The van der Waals surface area contributed by atoms with Gasteiger partial charge < -0.3 is 10.2 Å². The van der Waals surface area contributed by atoms with Gasteiger partial charge in [-0.25, -0.2) is 0 Å². The standard InChI is InChI=1S/C8H16O5S.Na.H/c9-7-2-1-6(5-8(7)10)3-4-14(11,12)13;;/h6-10H,1-5H2,(H,11,12,13);;. The van der Waals surface area contributed by atoms with Crippen LogP contribution in [-0.2, 0) is 10.1 Å². The van der Waals surface area contributed by atoms with Crippen LogP contribution in [0.4, 0.5) is 0 Å². The van der Waals surface area contributed by atoms with Gasteiger partial charge in [-0.15, -0.1) is 0 Å². The molecule has 1 aliphatic rings. The Morgan fingerprint density at radius 2 is 1.73 bits per heavy atom. The summed E-state index contributed by atoms with van der Waals surface area (Å²) in [7, 11) is -3.90. The van der Waals surface area contributed by atoms with Crippen molar-refractivity contribution in [3.63, 3.8) is 0 Å². The summed E-state index contributed by atoms with van der Waals surface area (Å²) in [5.74, 6) is -0.184. The fourth-order valence-electron chi connectivity index (χ4n) is 1.79. The molecule has 3 atom stereocenters. The molecule has 86 valence electrons. The summed E-state index contributed by atoms with van der Waals surface area (Å²) in [5, 5.41) is 18.5. The molecule has 0 spiro atoms. The van der Waals surface area contributed by atoms with E-state index in [2.05, 4.69) is 0 Å². The molecule has 1 aliphatic carbocycles. The Hall–Kier alpha value is 0.830. The van der Waals surface area contributed by atoms with E-state index in [0.29, 0.717) is 25.7 Å². The Balaban J connectivity index is 0.00000196. The van der Waals surface area contributed by atoms with Crippen molar-refractivity contribution in [2.24, 2.45) is 5.92 Å². The molecule has 0 aliphatic heterocycles. The molecular formula is C8H17NaO5S. The molecule has 0 bridgehead atoms. The average Bonchev–Trinajstić information content (AvgIpc) is 2.06. The summed E-state index contributed by atoms with van der Waals surface area (Å²) < 4.78 is 29.5. The van der Waals surface area contributed by atoms with Crippen LogP contribution in [0.3, 0.4) is 0 Å². The molecule has 5 nitrogen and oxygen atoms in total. The van der Waals surface area contributed by atoms with Crippen molar-refractivity contribution in [1.82, 2.24) is 0 Å². The quantitative estimate of drug-likeness (QED) is 0.446. The monoisotopic (exact) mass is 248 g/mol. The molecule has 7 heteroatoms. The van der Waals surface area contributed by atoms with E-state index < -0.39 is 22.3 Å². The van der Waals surface area contributed by atoms with Crippen molar-refractivity contribution < 1.29 is 23.2 Å². The normalized spacial score (nSPS) is 32.1. The van der Waals surface area contributed by atoms with Gasteiger partial charge in [0.05, 0.1) is 18.0 Å². The first-order valence-corrected chi connectivity index (χ1v) is 6.30. The number of aliphatic hydroxyl groups excluding tert-OH is 2. The first-order valence-electron chi connectivity index (χ1n) is 4.70. The van der Waals surface area contributed by atoms with E-state index >= 15 is 0 Å². The third-order valence-electron chi connectivity index (χ3n) is 2.67. The van der Waals surface area contributed by atoms with E-state index in [1.165, 1.54) is 0 Å². The second kappa shape index (κ2) is 6.54. The molecule has 3 unspecified atom stereocenters.